The number of hydrogen-bond donors (Lipinski definition) is 1. The Morgan fingerprint density at radius 2 is 2.25 bits per heavy atom. The smallest absolute Gasteiger partial charge is 0.258 e. The molecule has 0 aromatic heterocycles. The van der Waals surface area contributed by atoms with E-state index in [0.717, 1.165) is 5.56 Å². The van der Waals surface area contributed by atoms with Gasteiger partial charge in [0.25, 0.3) is 5.69 Å². The molecule has 0 amide bonds. The van der Waals surface area contributed by atoms with Gasteiger partial charge in [0.15, 0.2) is 0 Å². The third-order valence-corrected chi connectivity index (χ3v) is 2.07. The predicted molar refractivity (Wildman–Crippen MR) is 50.8 cm³/mol. The molecule has 0 aliphatic rings. The Hall–Kier alpha value is -0.740. The van der Waals surface area contributed by atoms with E-state index in [4.69, 9.17) is 11.6 Å². The van der Waals surface area contributed by atoms with Gasteiger partial charge in [-0.25, -0.2) is 0 Å². The number of thiol groups is 1. The highest BCUT2D eigenvalue weighted by Crippen LogP contribution is 2.25. The molecule has 0 saturated heterocycles. The topological polar surface area (TPSA) is 43.1 Å². The molecule has 0 radical (unpaired) electrons. The number of nitrogens with zero attached hydrogens (tertiary/aromatic N) is 1. The summed E-state index contributed by atoms with van der Waals surface area (Å²) in [5, 5.41) is 10.5. The van der Waals surface area contributed by atoms with Gasteiger partial charge < -0.3 is 0 Å². The van der Waals surface area contributed by atoms with E-state index >= 15 is 0 Å². The second-order valence-corrected chi connectivity index (χ2v) is 2.92. The standard InChI is InChI=1S/C7H6ClNO2S/c8-6-2-1-5(4-12)3-7(6)9(10)11/h1-3,12H,4H2. The van der Waals surface area contributed by atoms with Crippen LogP contribution in [-0.4, -0.2) is 4.92 Å². The Morgan fingerprint density at radius 1 is 1.58 bits per heavy atom. The molecule has 5 heteroatoms. The van der Waals surface area contributed by atoms with E-state index in [0.29, 0.717) is 5.75 Å². The lowest BCUT2D eigenvalue weighted by molar-refractivity contribution is -0.384. The minimum absolute atomic E-state index is 0.0665. The summed E-state index contributed by atoms with van der Waals surface area (Å²) in [5.74, 6) is 0.470. The van der Waals surface area contributed by atoms with Gasteiger partial charge in [-0.3, -0.25) is 10.1 Å². The lowest BCUT2D eigenvalue weighted by atomic mass is 10.2. The molecule has 0 atom stereocenters. The van der Waals surface area contributed by atoms with Crippen molar-refractivity contribution in [1.29, 1.82) is 0 Å². The molecule has 64 valence electrons. The second kappa shape index (κ2) is 3.78. The van der Waals surface area contributed by atoms with Gasteiger partial charge in [0.1, 0.15) is 5.02 Å². The van der Waals surface area contributed by atoms with Crippen molar-refractivity contribution in [2.75, 3.05) is 0 Å². The molecule has 0 spiro atoms. The zero-order valence-corrected chi connectivity index (χ0v) is 7.68. The van der Waals surface area contributed by atoms with E-state index in [-0.39, 0.29) is 10.7 Å². The zero-order valence-electron chi connectivity index (χ0n) is 6.03. The summed E-state index contributed by atoms with van der Waals surface area (Å²) >= 11 is 9.58. The number of halogens is 1. The van der Waals surface area contributed by atoms with Crippen LogP contribution in [0.25, 0.3) is 0 Å². The summed E-state index contributed by atoms with van der Waals surface area (Å²) in [6, 6.07) is 4.64. The highest BCUT2D eigenvalue weighted by Gasteiger charge is 2.11. The van der Waals surface area contributed by atoms with E-state index in [1.54, 1.807) is 6.07 Å². The number of benzene rings is 1. The molecular weight excluding hydrogens is 198 g/mol. The van der Waals surface area contributed by atoms with Crippen molar-refractivity contribution < 1.29 is 4.92 Å². The minimum Gasteiger partial charge on any atom is -0.258 e. The molecule has 0 unspecified atom stereocenters. The number of hydrogen-bond acceptors (Lipinski definition) is 3. The van der Waals surface area contributed by atoms with Crippen molar-refractivity contribution in [3.63, 3.8) is 0 Å². The SMILES string of the molecule is O=[N+]([O-])c1cc(CS)ccc1Cl. The maximum absolute atomic E-state index is 10.4. The molecule has 0 heterocycles. The summed E-state index contributed by atoms with van der Waals surface area (Å²) in [6.07, 6.45) is 0. The number of nitro benzene ring substituents is 1. The van der Waals surface area contributed by atoms with Crippen LogP contribution in [-0.2, 0) is 5.75 Å². The number of nitro groups is 1. The van der Waals surface area contributed by atoms with Crippen LogP contribution in [0.5, 0.6) is 0 Å². The summed E-state index contributed by atoms with van der Waals surface area (Å²) in [7, 11) is 0. The maximum Gasteiger partial charge on any atom is 0.288 e. The number of rotatable bonds is 2. The van der Waals surface area contributed by atoms with Gasteiger partial charge in [0.2, 0.25) is 0 Å². The summed E-state index contributed by atoms with van der Waals surface area (Å²) < 4.78 is 0. The van der Waals surface area contributed by atoms with Crippen LogP contribution >= 0.6 is 24.2 Å². The zero-order chi connectivity index (χ0) is 9.14. The Morgan fingerprint density at radius 3 is 2.75 bits per heavy atom. The van der Waals surface area contributed by atoms with E-state index in [1.807, 2.05) is 0 Å². The largest absolute Gasteiger partial charge is 0.288 e. The van der Waals surface area contributed by atoms with Crippen LogP contribution in [0.4, 0.5) is 5.69 Å². The van der Waals surface area contributed by atoms with E-state index < -0.39 is 4.92 Å². The third kappa shape index (κ3) is 1.89. The van der Waals surface area contributed by atoms with E-state index in [1.165, 1.54) is 12.1 Å². The first-order valence-corrected chi connectivity index (χ1v) is 4.20. The third-order valence-electron chi connectivity index (χ3n) is 1.39. The van der Waals surface area contributed by atoms with Crippen molar-refractivity contribution in [3.8, 4) is 0 Å². The van der Waals surface area contributed by atoms with Crippen molar-refractivity contribution in [1.82, 2.24) is 0 Å². The molecule has 1 aromatic carbocycles. The molecular formula is C7H6ClNO2S. The van der Waals surface area contributed by atoms with Gasteiger partial charge in [-0.1, -0.05) is 17.7 Å². The van der Waals surface area contributed by atoms with Crippen LogP contribution in [0.15, 0.2) is 18.2 Å². The fourth-order valence-electron chi connectivity index (χ4n) is 0.797. The van der Waals surface area contributed by atoms with Crippen LogP contribution in [0.3, 0.4) is 0 Å². The Balaban J connectivity index is 3.17. The first-order valence-electron chi connectivity index (χ1n) is 3.19. The quantitative estimate of drug-likeness (QED) is 0.456. The van der Waals surface area contributed by atoms with Crippen molar-refractivity contribution in [3.05, 3.63) is 38.9 Å². The molecule has 0 aliphatic heterocycles. The fraction of sp³-hybridized carbons (Fsp3) is 0.143. The average Bonchev–Trinajstić information content (AvgIpc) is 2.05. The first kappa shape index (κ1) is 9.35. The lowest BCUT2D eigenvalue weighted by Crippen LogP contribution is -1.90. The monoisotopic (exact) mass is 203 g/mol. The molecule has 3 nitrogen and oxygen atoms in total. The van der Waals surface area contributed by atoms with Gasteiger partial charge >= 0.3 is 0 Å². The maximum atomic E-state index is 10.4. The van der Waals surface area contributed by atoms with Crippen LogP contribution in [0.1, 0.15) is 5.56 Å². The molecule has 0 saturated carbocycles. The highest BCUT2D eigenvalue weighted by molar-refractivity contribution is 7.79. The highest BCUT2D eigenvalue weighted by atomic mass is 35.5. The van der Waals surface area contributed by atoms with Gasteiger partial charge in [-0.15, -0.1) is 0 Å². The Labute approximate surface area is 79.9 Å². The molecule has 0 bridgehead atoms. The van der Waals surface area contributed by atoms with Crippen LogP contribution < -0.4 is 0 Å². The van der Waals surface area contributed by atoms with Crippen molar-refractivity contribution in [2.24, 2.45) is 0 Å². The summed E-state index contributed by atoms with van der Waals surface area (Å²) in [6.45, 7) is 0. The molecule has 0 aliphatic carbocycles. The average molecular weight is 204 g/mol. The summed E-state index contributed by atoms with van der Waals surface area (Å²) in [4.78, 5) is 9.88. The van der Waals surface area contributed by atoms with Gasteiger partial charge in [0.05, 0.1) is 4.92 Å². The normalized spacial score (nSPS) is 9.83. The minimum atomic E-state index is -0.505. The Kier molecular flexibility index (Phi) is 2.94. The molecule has 1 rings (SSSR count). The van der Waals surface area contributed by atoms with E-state index in [9.17, 15) is 10.1 Å². The Bertz CT molecular complexity index is 316. The van der Waals surface area contributed by atoms with Crippen molar-refractivity contribution in [2.45, 2.75) is 5.75 Å². The van der Waals surface area contributed by atoms with Crippen LogP contribution in [0.2, 0.25) is 5.02 Å². The second-order valence-electron chi connectivity index (χ2n) is 2.20. The predicted octanol–water partition coefficient (Wildman–Crippen LogP) is 2.68. The molecule has 0 N–H and O–H groups in total. The molecule has 12 heavy (non-hydrogen) atoms. The summed E-state index contributed by atoms with van der Waals surface area (Å²) in [5.41, 5.74) is 0.720. The lowest BCUT2D eigenvalue weighted by Gasteiger charge is -1.97. The van der Waals surface area contributed by atoms with Gasteiger partial charge in [0, 0.05) is 11.8 Å². The molecule has 0 fully saturated rings. The first-order chi connectivity index (χ1) is 5.65. The fourth-order valence-corrected chi connectivity index (χ4v) is 1.18. The van der Waals surface area contributed by atoms with Gasteiger partial charge in [-0.2, -0.15) is 12.6 Å². The van der Waals surface area contributed by atoms with Crippen molar-refractivity contribution >= 4 is 29.9 Å². The van der Waals surface area contributed by atoms with Crippen LogP contribution in [0, 0.1) is 10.1 Å². The van der Waals surface area contributed by atoms with Gasteiger partial charge in [-0.05, 0) is 11.6 Å². The molecule has 1 aromatic rings. The van der Waals surface area contributed by atoms with E-state index in [2.05, 4.69) is 12.6 Å².